The van der Waals surface area contributed by atoms with E-state index >= 15 is 0 Å². The zero-order chi connectivity index (χ0) is 19.1. The maximum atomic E-state index is 13.2. The molecular formula is C23H26N4O. The average Bonchev–Trinajstić information content (AvgIpc) is 2.68. The molecule has 5 rings (SSSR count). The van der Waals surface area contributed by atoms with Gasteiger partial charge >= 0.3 is 0 Å². The molecular weight excluding hydrogens is 348 g/mol. The fourth-order valence-electron chi connectivity index (χ4n) is 4.41. The third kappa shape index (κ3) is 3.00. The van der Waals surface area contributed by atoms with Gasteiger partial charge < -0.3 is 4.90 Å². The third-order valence-electron chi connectivity index (χ3n) is 6.39. The smallest absolute Gasteiger partial charge is 0.265 e. The quantitative estimate of drug-likeness (QED) is 0.705. The zero-order valence-electron chi connectivity index (χ0n) is 16.3. The highest BCUT2D eigenvalue weighted by atomic mass is 16.1. The van der Waals surface area contributed by atoms with Gasteiger partial charge in [0.15, 0.2) is 0 Å². The molecule has 2 heterocycles. The summed E-state index contributed by atoms with van der Waals surface area (Å²) in [6.45, 7) is 6.29. The van der Waals surface area contributed by atoms with Crippen molar-refractivity contribution in [2.45, 2.75) is 32.2 Å². The molecule has 1 aromatic heterocycles. The molecule has 5 heteroatoms. The number of fused-ring (bicyclic) bond motifs is 1. The van der Waals surface area contributed by atoms with Crippen molar-refractivity contribution in [1.82, 2.24) is 14.5 Å². The minimum atomic E-state index is -0.00532. The average molecular weight is 374 g/mol. The van der Waals surface area contributed by atoms with Crippen LogP contribution in [0.4, 0.5) is 5.69 Å². The molecule has 1 saturated heterocycles. The first kappa shape index (κ1) is 17.4. The van der Waals surface area contributed by atoms with Crippen LogP contribution in [0.1, 0.15) is 24.8 Å². The minimum absolute atomic E-state index is 0.00532. The fraction of sp³-hybridized carbons (Fsp3) is 0.391. The van der Waals surface area contributed by atoms with Gasteiger partial charge in [-0.15, -0.1) is 0 Å². The Morgan fingerprint density at radius 3 is 2.50 bits per heavy atom. The maximum absolute atomic E-state index is 13.2. The van der Waals surface area contributed by atoms with Crippen LogP contribution in [0.3, 0.4) is 0 Å². The van der Waals surface area contributed by atoms with E-state index in [1.54, 1.807) is 10.9 Å². The highest BCUT2D eigenvalue weighted by molar-refractivity contribution is 5.82. The molecule has 0 radical (unpaired) electrons. The van der Waals surface area contributed by atoms with Gasteiger partial charge in [-0.25, -0.2) is 4.98 Å². The van der Waals surface area contributed by atoms with Gasteiger partial charge in [0.1, 0.15) is 6.33 Å². The van der Waals surface area contributed by atoms with E-state index < -0.39 is 0 Å². The lowest BCUT2D eigenvalue weighted by atomic mass is 9.91. The molecule has 3 aromatic rings. The topological polar surface area (TPSA) is 41.4 Å². The first-order chi connectivity index (χ1) is 13.7. The minimum Gasteiger partial charge on any atom is -0.369 e. The highest BCUT2D eigenvalue weighted by Gasteiger charge is 2.28. The van der Waals surface area contributed by atoms with E-state index in [2.05, 4.69) is 20.9 Å². The summed E-state index contributed by atoms with van der Waals surface area (Å²) in [5, 5.41) is 0.685. The number of para-hydroxylation sites is 1. The molecule has 0 amide bonds. The first-order valence-corrected chi connectivity index (χ1v) is 10.3. The van der Waals surface area contributed by atoms with Crippen LogP contribution >= 0.6 is 0 Å². The molecule has 0 spiro atoms. The molecule has 5 nitrogen and oxygen atoms in total. The standard InChI is InChI=1S/C23H26N4O/c1-17-5-2-3-8-22(17)27-16-24-21-10-9-19(15-20(21)23(27)28)26-13-11-25(12-14-26)18-6-4-7-18/h2-3,5,8-10,15-16,18H,4,6-7,11-14H2,1H3. The van der Waals surface area contributed by atoms with Gasteiger partial charge in [-0.1, -0.05) is 24.6 Å². The largest absolute Gasteiger partial charge is 0.369 e. The fourth-order valence-corrected chi connectivity index (χ4v) is 4.41. The summed E-state index contributed by atoms with van der Waals surface area (Å²) in [6, 6.07) is 14.8. The molecule has 2 fully saturated rings. The van der Waals surface area contributed by atoms with Crippen LogP contribution in [0, 0.1) is 6.92 Å². The number of rotatable bonds is 3. The van der Waals surface area contributed by atoms with Gasteiger partial charge in [0.05, 0.1) is 16.6 Å². The number of hydrogen-bond donors (Lipinski definition) is 0. The second-order valence-electron chi connectivity index (χ2n) is 8.02. The van der Waals surface area contributed by atoms with Gasteiger partial charge in [-0.2, -0.15) is 0 Å². The summed E-state index contributed by atoms with van der Waals surface area (Å²) >= 11 is 0. The monoisotopic (exact) mass is 374 g/mol. The molecule has 0 bridgehead atoms. The molecule has 2 aliphatic rings. The van der Waals surface area contributed by atoms with Gasteiger partial charge in [-0.05, 0) is 49.6 Å². The van der Waals surface area contributed by atoms with Crippen LogP contribution < -0.4 is 10.5 Å². The van der Waals surface area contributed by atoms with Gasteiger partial charge in [0.25, 0.3) is 5.56 Å². The lowest BCUT2D eigenvalue weighted by Crippen LogP contribution is -2.52. The van der Waals surface area contributed by atoms with Crippen molar-refractivity contribution < 1.29 is 0 Å². The molecule has 1 aliphatic heterocycles. The molecule has 0 atom stereocenters. The summed E-state index contributed by atoms with van der Waals surface area (Å²) in [4.78, 5) is 22.8. The summed E-state index contributed by atoms with van der Waals surface area (Å²) in [5.41, 5.74) is 3.83. The number of hydrogen-bond acceptors (Lipinski definition) is 4. The molecule has 0 N–H and O–H groups in total. The molecule has 28 heavy (non-hydrogen) atoms. The van der Waals surface area contributed by atoms with E-state index in [4.69, 9.17) is 0 Å². The van der Waals surface area contributed by atoms with Crippen LogP contribution in [-0.4, -0.2) is 46.7 Å². The lowest BCUT2D eigenvalue weighted by Gasteiger charge is -2.43. The number of anilines is 1. The highest BCUT2D eigenvalue weighted by Crippen LogP contribution is 2.27. The van der Waals surface area contributed by atoms with Gasteiger partial charge in [0, 0.05) is 37.9 Å². The number of piperazine rings is 1. The number of aromatic nitrogens is 2. The second kappa shape index (κ2) is 7.06. The normalized spacial score (nSPS) is 18.4. The Bertz CT molecular complexity index is 1060. The van der Waals surface area contributed by atoms with Crippen molar-refractivity contribution in [2.24, 2.45) is 0 Å². The van der Waals surface area contributed by atoms with Crippen molar-refractivity contribution in [2.75, 3.05) is 31.1 Å². The molecule has 144 valence electrons. The first-order valence-electron chi connectivity index (χ1n) is 10.3. The third-order valence-corrected chi connectivity index (χ3v) is 6.39. The van der Waals surface area contributed by atoms with E-state index in [9.17, 15) is 4.79 Å². The SMILES string of the molecule is Cc1ccccc1-n1cnc2ccc(N3CCN(C4CCC4)CC3)cc2c1=O. The van der Waals surface area contributed by atoms with Crippen LogP contribution in [0.25, 0.3) is 16.6 Å². The van der Waals surface area contributed by atoms with E-state index in [1.807, 2.05) is 43.3 Å². The Morgan fingerprint density at radius 1 is 1.00 bits per heavy atom. The number of aryl methyl sites for hydroxylation is 1. The van der Waals surface area contributed by atoms with E-state index in [1.165, 1.54) is 19.3 Å². The van der Waals surface area contributed by atoms with Crippen LogP contribution in [0.15, 0.2) is 53.6 Å². The van der Waals surface area contributed by atoms with Crippen molar-refractivity contribution in [3.05, 3.63) is 64.7 Å². The van der Waals surface area contributed by atoms with E-state index in [0.29, 0.717) is 5.39 Å². The van der Waals surface area contributed by atoms with Crippen LogP contribution in [0.5, 0.6) is 0 Å². The Morgan fingerprint density at radius 2 is 1.79 bits per heavy atom. The van der Waals surface area contributed by atoms with Crippen molar-refractivity contribution >= 4 is 16.6 Å². The predicted octanol–water partition coefficient (Wildman–Crippen LogP) is 3.37. The Kier molecular flexibility index (Phi) is 4.40. The Balaban J connectivity index is 1.46. The van der Waals surface area contributed by atoms with Crippen molar-refractivity contribution in [1.29, 1.82) is 0 Å². The second-order valence-corrected chi connectivity index (χ2v) is 8.02. The van der Waals surface area contributed by atoms with Crippen molar-refractivity contribution in [3.8, 4) is 5.69 Å². The van der Waals surface area contributed by atoms with Crippen LogP contribution in [0.2, 0.25) is 0 Å². The van der Waals surface area contributed by atoms with E-state index in [0.717, 1.165) is 54.7 Å². The summed E-state index contributed by atoms with van der Waals surface area (Å²) < 4.78 is 1.66. The zero-order valence-corrected chi connectivity index (χ0v) is 16.3. The molecule has 2 aromatic carbocycles. The summed E-state index contributed by atoms with van der Waals surface area (Å²) in [5.74, 6) is 0. The number of benzene rings is 2. The van der Waals surface area contributed by atoms with Gasteiger partial charge in [0.2, 0.25) is 0 Å². The van der Waals surface area contributed by atoms with Crippen molar-refractivity contribution in [3.63, 3.8) is 0 Å². The Hall–Kier alpha value is -2.66. The molecule has 0 unspecified atom stereocenters. The van der Waals surface area contributed by atoms with Crippen LogP contribution in [-0.2, 0) is 0 Å². The summed E-state index contributed by atoms with van der Waals surface area (Å²) in [7, 11) is 0. The summed E-state index contributed by atoms with van der Waals surface area (Å²) in [6.07, 6.45) is 5.75. The number of nitrogens with zero attached hydrogens (tertiary/aromatic N) is 4. The lowest BCUT2D eigenvalue weighted by molar-refractivity contribution is 0.120. The van der Waals surface area contributed by atoms with E-state index in [-0.39, 0.29) is 5.56 Å². The molecule has 1 aliphatic carbocycles. The predicted molar refractivity (Wildman–Crippen MR) is 114 cm³/mol. The maximum Gasteiger partial charge on any atom is 0.265 e. The molecule has 1 saturated carbocycles. The Labute approximate surface area is 165 Å². The van der Waals surface area contributed by atoms with Gasteiger partial charge in [-0.3, -0.25) is 14.3 Å².